The van der Waals surface area contributed by atoms with Crippen molar-refractivity contribution in [1.29, 1.82) is 5.26 Å². The van der Waals surface area contributed by atoms with Crippen LogP contribution in [0.1, 0.15) is 32.3 Å². The van der Waals surface area contributed by atoms with Crippen molar-refractivity contribution in [2.24, 2.45) is 0 Å². The number of carbonyl (C=O) groups is 1. The highest BCUT2D eigenvalue weighted by atomic mass is 32.1. The van der Waals surface area contributed by atoms with Crippen molar-refractivity contribution >= 4 is 22.2 Å². The van der Waals surface area contributed by atoms with Crippen molar-refractivity contribution < 1.29 is 4.79 Å². The van der Waals surface area contributed by atoms with Crippen molar-refractivity contribution in [3.63, 3.8) is 0 Å². The van der Waals surface area contributed by atoms with Crippen molar-refractivity contribution in [3.8, 4) is 6.07 Å². The Balaban J connectivity index is 2.28. The van der Waals surface area contributed by atoms with E-state index >= 15 is 0 Å². The Kier molecular flexibility index (Phi) is 5.67. The number of nitriles is 1. The molecule has 17 heavy (non-hydrogen) atoms. The van der Waals surface area contributed by atoms with Crippen LogP contribution in [0.5, 0.6) is 0 Å². The van der Waals surface area contributed by atoms with Crippen LogP contribution in [0.2, 0.25) is 0 Å². The minimum Gasteiger partial charge on any atom is -0.317 e. The minimum atomic E-state index is -0.0329. The Labute approximate surface area is 106 Å². The van der Waals surface area contributed by atoms with Crippen molar-refractivity contribution in [2.75, 3.05) is 11.9 Å². The second-order valence-electron chi connectivity index (χ2n) is 4.04. The van der Waals surface area contributed by atoms with Gasteiger partial charge in [0.05, 0.1) is 5.56 Å². The van der Waals surface area contributed by atoms with E-state index in [0.29, 0.717) is 23.0 Å². The van der Waals surface area contributed by atoms with Gasteiger partial charge in [0.1, 0.15) is 11.1 Å². The maximum atomic E-state index is 11.6. The molecule has 0 fully saturated rings. The lowest BCUT2D eigenvalue weighted by Crippen LogP contribution is -2.24. The topological polar surface area (TPSA) is 64.9 Å². The Hall–Kier alpha value is -1.38. The van der Waals surface area contributed by atoms with Crippen LogP contribution >= 0.6 is 11.3 Å². The summed E-state index contributed by atoms with van der Waals surface area (Å²) in [6, 6.07) is 4.20. The Bertz CT molecular complexity index is 406. The summed E-state index contributed by atoms with van der Waals surface area (Å²) in [6.07, 6.45) is 1.28. The molecule has 0 spiro atoms. The average Bonchev–Trinajstić information content (AvgIpc) is 2.71. The lowest BCUT2D eigenvalue weighted by atomic mass is 10.2. The van der Waals surface area contributed by atoms with Crippen LogP contribution in [0.15, 0.2) is 11.4 Å². The zero-order chi connectivity index (χ0) is 12.7. The van der Waals surface area contributed by atoms with Gasteiger partial charge in [0.2, 0.25) is 5.91 Å². The highest BCUT2D eigenvalue weighted by Gasteiger charge is 2.07. The molecule has 1 aromatic rings. The third-order valence-electron chi connectivity index (χ3n) is 2.17. The van der Waals surface area contributed by atoms with Gasteiger partial charge in [0.25, 0.3) is 0 Å². The van der Waals surface area contributed by atoms with E-state index in [4.69, 9.17) is 5.26 Å². The predicted molar refractivity (Wildman–Crippen MR) is 70.0 cm³/mol. The van der Waals surface area contributed by atoms with Crippen LogP contribution in [-0.4, -0.2) is 18.5 Å². The summed E-state index contributed by atoms with van der Waals surface area (Å²) in [5.74, 6) is -0.0329. The molecule has 92 valence electrons. The van der Waals surface area contributed by atoms with Crippen LogP contribution in [-0.2, 0) is 4.79 Å². The summed E-state index contributed by atoms with van der Waals surface area (Å²) in [5, 5.41) is 17.2. The number of thiophene rings is 1. The first-order valence-electron chi connectivity index (χ1n) is 5.64. The van der Waals surface area contributed by atoms with E-state index in [0.717, 1.165) is 13.0 Å². The maximum Gasteiger partial charge on any atom is 0.225 e. The zero-order valence-corrected chi connectivity index (χ0v) is 10.9. The van der Waals surface area contributed by atoms with E-state index in [1.165, 1.54) is 11.3 Å². The predicted octanol–water partition coefficient (Wildman–Crippen LogP) is 2.34. The fraction of sp³-hybridized carbons (Fsp3) is 0.500. The molecule has 0 bridgehead atoms. The zero-order valence-electron chi connectivity index (χ0n) is 10.1. The van der Waals surface area contributed by atoms with Crippen molar-refractivity contribution in [2.45, 2.75) is 32.7 Å². The van der Waals surface area contributed by atoms with Gasteiger partial charge < -0.3 is 10.6 Å². The smallest absolute Gasteiger partial charge is 0.225 e. The summed E-state index contributed by atoms with van der Waals surface area (Å²) in [4.78, 5) is 11.6. The van der Waals surface area contributed by atoms with E-state index in [9.17, 15) is 4.79 Å². The molecule has 1 aromatic heterocycles. The highest BCUT2D eigenvalue weighted by molar-refractivity contribution is 7.14. The molecule has 1 heterocycles. The Morgan fingerprint density at radius 1 is 1.59 bits per heavy atom. The molecule has 1 rings (SSSR count). The molecule has 0 saturated carbocycles. The summed E-state index contributed by atoms with van der Waals surface area (Å²) < 4.78 is 0. The molecule has 0 aliphatic rings. The minimum absolute atomic E-state index is 0.0329. The van der Waals surface area contributed by atoms with Gasteiger partial charge in [0.15, 0.2) is 0 Å². The van der Waals surface area contributed by atoms with Gasteiger partial charge >= 0.3 is 0 Å². The van der Waals surface area contributed by atoms with Crippen LogP contribution in [0.4, 0.5) is 5.00 Å². The monoisotopic (exact) mass is 251 g/mol. The first-order valence-corrected chi connectivity index (χ1v) is 6.52. The fourth-order valence-electron chi connectivity index (χ4n) is 1.32. The molecule has 0 radical (unpaired) electrons. The molecule has 0 aliphatic carbocycles. The highest BCUT2D eigenvalue weighted by Crippen LogP contribution is 2.22. The second kappa shape index (κ2) is 7.05. The molecule has 4 nitrogen and oxygen atoms in total. The summed E-state index contributed by atoms with van der Waals surface area (Å²) in [7, 11) is 0. The molecule has 0 unspecified atom stereocenters. The van der Waals surface area contributed by atoms with Gasteiger partial charge in [0, 0.05) is 12.5 Å². The number of hydrogen-bond acceptors (Lipinski definition) is 4. The fourth-order valence-corrected chi connectivity index (χ4v) is 2.08. The summed E-state index contributed by atoms with van der Waals surface area (Å²) >= 11 is 1.38. The molecular weight excluding hydrogens is 234 g/mol. The van der Waals surface area contributed by atoms with Crippen molar-refractivity contribution in [3.05, 3.63) is 17.0 Å². The standard InChI is InChI=1S/C12H17N3OS/c1-9(2)14-6-3-4-11(16)15-12-10(8-13)5-7-17-12/h5,7,9,14H,3-4,6H2,1-2H3,(H,15,16). The van der Waals surface area contributed by atoms with Gasteiger partial charge in [-0.25, -0.2) is 0 Å². The number of nitrogens with one attached hydrogen (secondary N) is 2. The van der Waals surface area contributed by atoms with E-state index in [1.807, 2.05) is 6.07 Å². The SMILES string of the molecule is CC(C)NCCCC(=O)Nc1sccc1C#N. The van der Waals surface area contributed by atoms with Gasteiger partial charge in [-0.2, -0.15) is 5.26 Å². The maximum absolute atomic E-state index is 11.6. The average molecular weight is 251 g/mol. The number of hydrogen-bond donors (Lipinski definition) is 2. The number of nitrogens with zero attached hydrogens (tertiary/aromatic N) is 1. The summed E-state index contributed by atoms with van der Waals surface area (Å²) in [5.41, 5.74) is 0.531. The van der Waals surface area contributed by atoms with Crippen LogP contribution in [0.3, 0.4) is 0 Å². The molecule has 0 aliphatic heterocycles. The van der Waals surface area contributed by atoms with Crippen LogP contribution in [0, 0.1) is 11.3 Å². The molecule has 0 saturated heterocycles. The summed E-state index contributed by atoms with van der Waals surface area (Å²) in [6.45, 7) is 4.98. The third kappa shape index (κ3) is 4.98. The van der Waals surface area contributed by atoms with E-state index in [1.54, 1.807) is 11.4 Å². The molecular formula is C12H17N3OS. The van der Waals surface area contributed by atoms with Gasteiger partial charge in [-0.05, 0) is 24.4 Å². The number of carbonyl (C=O) groups excluding carboxylic acids is 1. The van der Waals surface area contributed by atoms with E-state index in [-0.39, 0.29) is 5.91 Å². The Morgan fingerprint density at radius 2 is 2.35 bits per heavy atom. The van der Waals surface area contributed by atoms with Crippen molar-refractivity contribution in [1.82, 2.24) is 5.32 Å². The first-order chi connectivity index (χ1) is 8.13. The molecule has 1 amide bonds. The molecule has 5 heteroatoms. The van der Waals surface area contributed by atoms with E-state index in [2.05, 4.69) is 24.5 Å². The number of anilines is 1. The van der Waals surface area contributed by atoms with Gasteiger partial charge in [-0.3, -0.25) is 4.79 Å². The quantitative estimate of drug-likeness (QED) is 0.763. The normalized spacial score (nSPS) is 10.2. The van der Waals surface area contributed by atoms with Crippen LogP contribution in [0.25, 0.3) is 0 Å². The largest absolute Gasteiger partial charge is 0.317 e. The second-order valence-corrected chi connectivity index (χ2v) is 4.95. The number of amides is 1. The lowest BCUT2D eigenvalue weighted by Gasteiger charge is -2.07. The van der Waals surface area contributed by atoms with Crippen LogP contribution < -0.4 is 10.6 Å². The number of rotatable bonds is 6. The van der Waals surface area contributed by atoms with Gasteiger partial charge in [-0.1, -0.05) is 13.8 Å². The Morgan fingerprint density at radius 3 is 3.00 bits per heavy atom. The van der Waals surface area contributed by atoms with E-state index < -0.39 is 0 Å². The molecule has 0 atom stereocenters. The first kappa shape index (κ1) is 13.7. The van der Waals surface area contributed by atoms with Gasteiger partial charge in [-0.15, -0.1) is 11.3 Å². The molecule has 2 N–H and O–H groups in total. The lowest BCUT2D eigenvalue weighted by molar-refractivity contribution is -0.116. The third-order valence-corrected chi connectivity index (χ3v) is 3.00. The molecule has 0 aromatic carbocycles.